The predicted molar refractivity (Wildman–Crippen MR) is 80.6 cm³/mol. The van der Waals surface area contributed by atoms with Gasteiger partial charge in [-0.1, -0.05) is 18.2 Å². The first-order valence-electron chi connectivity index (χ1n) is 6.92. The molecule has 0 spiro atoms. The molecule has 0 radical (unpaired) electrons. The number of rotatable bonds is 5. The molecule has 1 heterocycles. The molecule has 0 fully saturated rings. The molecular formula is C17H20N2O. The highest BCUT2D eigenvalue weighted by Crippen LogP contribution is 2.25. The maximum atomic E-state index is 8.98. The first-order chi connectivity index (χ1) is 9.52. The number of aromatic nitrogens is 1. The van der Waals surface area contributed by atoms with Gasteiger partial charge in [0.15, 0.2) is 0 Å². The van der Waals surface area contributed by atoms with Crippen molar-refractivity contribution in [3.8, 4) is 11.8 Å². The lowest BCUT2D eigenvalue weighted by molar-refractivity contribution is 0.286. The molecular weight excluding hydrogens is 248 g/mol. The first kappa shape index (κ1) is 14.3. The average Bonchev–Trinajstić information content (AvgIpc) is 2.44. The Morgan fingerprint density at radius 2 is 2.05 bits per heavy atom. The van der Waals surface area contributed by atoms with Gasteiger partial charge in [-0.05, 0) is 45.7 Å². The number of fused-ring (bicyclic) bond motifs is 1. The number of pyridine rings is 1. The van der Waals surface area contributed by atoms with Gasteiger partial charge in [0, 0.05) is 11.1 Å². The lowest BCUT2D eigenvalue weighted by Gasteiger charge is -2.15. The second-order valence-corrected chi connectivity index (χ2v) is 5.73. The van der Waals surface area contributed by atoms with Crippen LogP contribution < -0.4 is 4.74 Å². The van der Waals surface area contributed by atoms with E-state index in [4.69, 9.17) is 10.00 Å². The van der Waals surface area contributed by atoms with Crippen LogP contribution in [0.25, 0.3) is 10.9 Å². The van der Waals surface area contributed by atoms with Crippen LogP contribution >= 0.6 is 0 Å². The molecule has 104 valence electrons. The molecule has 2 aromatic rings. The minimum Gasteiger partial charge on any atom is -0.491 e. The standard InChI is InChI=1S/C17H20N2O/c1-13-8-9-14-6-4-7-15(16(14)19-13)20-11-5-10-17(2,3)12-18/h4,6-9H,5,10-11H2,1-3H3. The number of hydrogen-bond acceptors (Lipinski definition) is 3. The zero-order chi connectivity index (χ0) is 14.6. The van der Waals surface area contributed by atoms with Gasteiger partial charge in [-0.2, -0.15) is 5.26 Å². The number of nitrogens with zero attached hydrogens (tertiary/aromatic N) is 2. The van der Waals surface area contributed by atoms with Gasteiger partial charge in [0.05, 0.1) is 18.1 Å². The van der Waals surface area contributed by atoms with Gasteiger partial charge in [-0.25, -0.2) is 4.98 Å². The summed E-state index contributed by atoms with van der Waals surface area (Å²) in [6.45, 7) is 6.50. The summed E-state index contributed by atoms with van der Waals surface area (Å²) in [5.41, 5.74) is 1.61. The van der Waals surface area contributed by atoms with Crippen LogP contribution in [-0.2, 0) is 0 Å². The molecule has 0 amide bonds. The predicted octanol–water partition coefficient (Wildman–Crippen LogP) is 4.25. The van der Waals surface area contributed by atoms with Crippen molar-refractivity contribution in [2.45, 2.75) is 33.6 Å². The normalized spacial score (nSPS) is 11.3. The first-order valence-corrected chi connectivity index (χ1v) is 6.92. The van der Waals surface area contributed by atoms with Crippen molar-refractivity contribution in [2.24, 2.45) is 5.41 Å². The molecule has 0 unspecified atom stereocenters. The number of para-hydroxylation sites is 1. The molecule has 2 rings (SSSR count). The van der Waals surface area contributed by atoms with Gasteiger partial charge in [0.2, 0.25) is 0 Å². The fraction of sp³-hybridized carbons (Fsp3) is 0.412. The van der Waals surface area contributed by atoms with E-state index in [0.29, 0.717) is 6.61 Å². The monoisotopic (exact) mass is 268 g/mol. The van der Waals surface area contributed by atoms with Crippen molar-refractivity contribution in [1.29, 1.82) is 5.26 Å². The molecule has 0 N–H and O–H groups in total. The van der Waals surface area contributed by atoms with Gasteiger partial charge >= 0.3 is 0 Å². The summed E-state index contributed by atoms with van der Waals surface area (Å²) < 4.78 is 5.84. The molecule has 3 nitrogen and oxygen atoms in total. The molecule has 0 aliphatic carbocycles. The summed E-state index contributed by atoms with van der Waals surface area (Å²) in [7, 11) is 0. The summed E-state index contributed by atoms with van der Waals surface area (Å²) in [5, 5.41) is 10.1. The quantitative estimate of drug-likeness (QED) is 0.761. The molecule has 1 aromatic carbocycles. The van der Waals surface area contributed by atoms with Crippen molar-refractivity contribution in [1.82, 2.24) is 4.98 Å². The van der Waals surface area contributed by atoms with E-state index in [9.17, 15) is 0 Å². The Labute approximate surface area is 120 Å². The molecule has 20 heavy (non-hydrogen) atoms. The maximum absolute atomic E-state index is 8.98. The Balaban J connectivity index is 2.04. The van der Waals surface area contributed by atoms with Crippen molar-refractivity contribution < 1.29 is 4.74 Å². The van der Waals surface area contributed by atoms with Gasteiger partial charge in [-0.15, -0.1) is 0 Å². The highest BCUT2D eigenvalue weighted by atomic mass is 16.5. The van der Waals surface area contributed by atoms with E-state index in [1.165, 1.54) is 0 Å². The zero-order valence-electron chi connectivity index (χ0n) is 12.3. The topological polar surface area (TPSA) is 45.9 Å². The fourth-order valence-electron chi connectivity index (χ4n) is 2.09. The number of aryl methyl sites for hydroxylation is 1. The van der Waals surface area contributed by atoms with Crippen molar-refractivity contribution in [3.05, 3.63) is 36.0 Å². The van der Waals surface area contributed by atoms with E-state index < -0.39 is 0 Å². The van der Waals surface area contributed by atoms with E-state index in [2.05, 4.69) is 17.1 Å². The third kappa shape index (κ3) is 3.48. The van der Waals surface area contributed by atoms with Crippen LogP contribution in [0.2, 0.25) is 0 Å². The van der Waals surface area contributed by atoms with E-state index >= 15 is 0 Å². The zero-order valence-corrected chi connectivity index (χ0v) is 12.3. The molecule has 3 heteroatoms. The smallest absolute Gasteiger partial charge is 0.145 e. The minimum atomic E-state index is -0.281. The third-order valence-corrected chi connectivity index (χ3v) is 3.33. The Bertz CT molecular complexity index is 641. The third-order valence-electron chi connectivity index (χ3n) is 3.33. The highest BCUT2D eigenvalue weighted by Gasteiger charge is 2.15. The number of benzene rings is 1. The van der Waals surface area contributed by atoms with E-state index in [-0.39, 0.29) is 5.41 Å². The second kappa shape index (κ2) is 5.92. The Kier molecular flexibility index (Phi) is 4.24. The molecule has 0 saturated carbocycles. The maximum Gasteiger partial charge on any atom is 0.145 e. The lowest BCUT2D eigenvalue weighted by Crippen LogP contribution is -2.10. The molecule has 0 atom stereocenters. The molecule has 0 saturated heterocycles. The van der Waals surface area contributed by atoms with Gasteiger partial charge in [0.1, 0.15) is 11.3 Å². The summed E-state index contributed by atoms with van der Waals surface area (Å²) in [6.07, 6.45) is 1.70. The number of ether oxygens (including phenoxy) is 1. The number of hydrogen-bond donors (Lipinski definition) is 0. The number of nitriles is 1. The van der Waals surface area contributed by atoms with Crippen molar-refractivity contribution in [3.63, 3.8) is 0 Å². The summed E-state index contributed by atoms with van der Waals surface area (Å²) in [5.74, 6) is 0.820. The summed E-state index contributed by atoms with van der Waals surface area (Å²) in [4.78, 5) is 4.54. The SMILES string of the molecule is Cc1ccc2cccc(OCCCC(C)(C)C#N)c2n1. The molecule has 0 bridgehead atoms. The molecule has 1 aromatic heterocycles. The summed E-state index contributed by atoms with van der Waals surface area (Å²) in [6, 6.07) is 12.3. The molecule has 0 aliphatic rings. The van der Waals surface area contributed by atoms with Crippen LogP contribution in [0.3, 0.4) is 0 Å². The van der Waals surface area contributed by atoms with Crippen LogP contribution in [-0.4, -0.2) is 11.6 Å². The van der Waals surface area contributed by atoms with Crippen LogP contribution in [0.4, 0.5) is 0 Å². The van der Waals surface area contributed by atoms with Crippen molar-refractivity contribution in [2.75, 3.05) is 6.61 Å². The Morgan fingerprint density at radius 1 is 1.25 bits per heavy atom. The minimum absolute atomic E-state index is 0.281. The Hall–Kier alpha value is -2.08. The fourth-order valence-corrected chi connectivity index (χ4v) is 2.09. The van der Waals surface area contributed by atoms with E-state index in [0.717, 1.165) is 35.2 Å². The van der Waals surface area contributed by atoms with E-state index in [1.807, 2.05) is 45.0 Å². The Morgan fingerprint density at radius 3 is 2.80 bits per heavy atom. The van der Waals surface area contributed by atoms with Crippen LogP contribution in [0.5, 0.6) is 5.75 Å². The van der Waals surface area contributed by atoms with Crippen LogP contribution in [0.15, 0.2) is 30.3 Å². The highest BCUT2D eigenvalue weighted by molar-refractivity contribution is 5.84. The van der Waals surface area contributed by atoms with Gasteiger partial charge < -0.3 is 4.74 Å². The largest absolute Gasteiger partial charge is 0.491 e. The second-order valence-electron chi connectivity index (χ2n) is 5.73. The van der Waals surface area contributed by atoms with Gasteiger partial charge in [-0.3, -0.25) is 0 Å². The van der Waals surface area contributed by atoms with E-state index in [1.54, 1.807) is 0 Å². The summed E-state index contributed by atoms with van der Waals surface area (Å²) >= 11 is 0. The van der Waals surface area contributed by atoms with Crippen molar-refractivity contribution >= 4 is 10.9 Å². The van der Waals surface area contributed by atoms with Crippen LogP contribution in [0, 0.1) is 23.7 Å². The lowest BCUT2D eigenvalue weighted by atomic mass is 9.90. The molecule has 0 aliphatic heterocycles. The van der Waals surface area contributed by atoms with Gasteiger partial charge in [0.25, 0.3) is 0 Å². The van der Waals surface area contributed by atoms with Crippen LogP contribution in [0.1, 0.15) is 32.4 Å². The average molecular weight is 268 g/mol.